The molecule has 10 nitrogen and oxygen atoms in total. The van der Waals surface area contributed by atoms with E-state index in [1.54, 1.807) is 0 Å². The van der Waals surface area contributed by atoms with Gasteiger partial charge >= 0.3 is 0 Å². The maximum atomic E-state index is 12.6. The highest BCUT2D eigenvalue weighted by Crippen LogP contribution is 2.90. The first kappa shape index (κ1) is 55.5. The summed E-state index contributed by atoms with van der Waals surface area (Å²) < 4.78 is 13.4. The summed E-state index contributed by atoms with van der Waals surface area (Å²) in [6, 6.07) is 0. The first-order chi connectivity index (χ1) is 32.2. The lowest BCUT2D eigenvalue weighted by Crippen LogP contribution is -2.59. The first-order valence-corrected chi connectivity index (χ1v) is 28.9. The van der Waals surface area contributed by atoms with Gasteiger partial charge in [0.2, 0.25) is 5.91 Å². The average molecular weight is 1010 g/mol. The van der Waals surface area contributed by atoms with Crippen LogP contribution in [-0.2, 0) is 14.3 Å². The summed E-state index contributed by atoms with van der Waals surface area (Å²) in [5.74, 6) is 2.82. The molecule has 3 heterocycles. The molecule has 12 aliphatic rings. The summed E-state index contributed by atoms with van der Waals surface area (Å²) in [7, 11) is 0. The predicted octanol–water partition coefficient (Wildman–Crippen LogP) is 12.2. The summed E-state index contributed by atoms with van der Waals surface area (Å²) >= 11 is 0. The van der Waals surface area contributed by atoms with Gasteiger partial charge in [-0.25, -0.2) is 0 Å². The van der Waals surface area contributed by atoms with Crippen molar-refractivity contribution < 1.29 is 39.9 Å². The first-order valence-electron chi connectivity index (χ1n) is 28.9. The van der Waals surface area contributed by atoms with Crippen LogP contribution >= 0.6 is 0 Å². The lowest BCUT2D eigenvalue weighted by atomic mass is 9.41. The second kappa shape index (κ2) is 16.2. The zero-order valence-electron chi connectivity index (χ0n) is 46.3. The van der Waals surface area contributed by atoms with Gasteiger partial charge in [-0.1, -0.05) is 61.6 Å². The van der Waals surface area contributed by atoms with Crippen LogP contribution in [0, 0.1) is 84.2 Å². The molecule has 20 atom stereocenters. The van der Waals surface area contributed by atoms with Crippen LogP contribution in [0.5, 0.6) is 0 Å². The van der Waals surface area contributed by atoms with Crippen molar-refractivity contribution in [2.24, 2.45) is 89.4 Å². The Balaban J connectivity index is 0.000000173. The number of aliphatic hydroxyl groups excluding tert-OH is 2. The normalized spacial score (nSPS) is 55.8. The number of nitrogens with zero attached hydrogens (tertiary/aromatic N) is 1. The van der Waals surface area contributed by atoms with Gasteiger partial charge in [0.15, 0.2) is 0 Å². The van der Waals surface area contributed by atoms with Crippen LogP contribution in [0.1, 0.15) is 240 Å². The van der Waals surface area contributed by atoms with Crippen molar-refractivity contribution in [3.05, 3.63) is 0 Å². The Labute approximate surface area is 437 Å². The molecule has 0 aromatic rings. The number of hydrogen-bond acceptors (Lipinski definition) is 9. The zero-order chi connectivity index (χ0) is 50.9. The van der Waals surface area contributed by atoms with Gasteiger partial charge in [0, 0.05) is 29.2 Å². The highest BCUT2D eigenvalue weighted by atomic mass is 16.5. The van der Waals surface area contributed by atoms with Crippen LogP contribution in [0.25, 0.3) is 0 Å². The van der Waals surface area contributed by atoms with Crippen molar-refractivity contribution >= 4 is 11.6 Å². The highest BCUT2D eigenvalue weighted by Gasteiger charge is 2.85. The van der Waals surface area contributed by atoms with Gasteiger partial charge in [-0.2, -0.15) is 0 Å². The SMILES string of the molecule is C.C.CC1(C)/C(=N/O)CC[C@]23C[C@]24CC[C@]2(C)C([C@]5(C)CC[C@H](C(C)(C)O)O5)[C@@H](O)C[C@@]2(C)C4CCC13.CC1(C)NC(=O)CC[C@]23C[C@]24CC[C@]2(C)C([C@]5(C)CC[C@H](C(C)(C)O)O5)[C@@H](O)C[C@@]2(C)C4CCC13. The minimum Gasteiger partial charge on any atom is -0.411 e. The van der Waals surface area contributed by atoms with E-state index >= 15 is 0 Å². The number of ether oxygens (including phenoxy) is 2. The number of carbonyl (C=O) groups excluding carboxylic acids is 1. The molecule has 0 radical (unpaired) electrons. The summed E-state index contributed by atoms with van der Waals surface area (Å²) in [5.41, 5.74) is -0.0772. The molecule has 9 saturated carbocycles. The molecule has 72 heavy (non-hydrogen) atoms. The smallest absolute Gasteiger partial charge is 0.220 e. The molecule has 1 amide bonds. The van der Waals surface area contributed by atoms with E-state index in [1.165, 1.54) is 57.8 Å². The molecule has 3 saturated heterocycles. The van der Waals surface area contributed by atoms with Crippen LogP contribution in [0.3, 0.4) is 0 Å². The number of oxime groups is 1. The molecule has 9 aliphatic carbocycles. The van der Waals surface area contributed by atoms with Gasteiger partial charge in [-0.15, -0.1) is 0 Å². The molecule has 0 bridgehead atoms. The summed E-state index contributed by atoms with van der Waals surface area (Å²) in [6.07, 6.45) is 20.2. The third-order valence-corrected chi connectivity index (χ3v) is 27.1. The average Bonchev–Trinajstić information content (AvgIpc) is 3.86. The summed E-state index contributed by atoms with van der Waals surface area (Å²) in [4.78, 5) is 12.6. The van der Waals surface area contributed by atoms with Crippen LogP contribution in [0.2, 0.25) is 0 Å². The van der Waals surface area contributed by atoms with Gasteiger partial charge < -0.3 is 40.4 Å². The third kappa shape index (κ3) is 6.77. The molecule has 3 aliphatic heterocycles. The fourth-order valence-electron chi connectivity index (χ4n) is 24.0. The number of amides is 1. The third-order valence-electron chi connectivity index (χ3n) is 27.1. The zero-order valence-corrected chi connectivity index (χ0v) is 46.3. The Morgan fingerprint density at radius 1 is 0.528 bits per heavy atom. The molecule has 0 aromatic heterocycles. The Bertz CT molecular complexity index is 2200. The number of carbonyl (C=O) groups is 1. The fraction of sp³-hybridized carbons (Fsp3) is 0.968. The van der Waals surface area contributed by atoms with E-state index in [0.717, 1.165) is 69.9 Å². The number of nitrogens with one attached hydrogen (secondary N) is 1. The van der Waals surface area contributed by atoms with Gasteiger partial charge in [0.05, 0.1) is 52.5 Å². The molecule has 6 unspecified atom stereocenters. The number of hydrogen-bond donors (Lipinski definition) is 6. The van der Waals surface area contributed by atoms with Gasteiger partial charge in [0.25, 0.3) is 0 Å². The van der Waals surface area contributed by atoms with E-state index in [4.69, 9.17) is 9.47 Å². The molecule has 412 valence electrons. The van der Waals surface area contributed by atoms with Crippen molar-refractivity contribution in [2.75, 3.05) is 0 Å². The van der Waals surface area contributed by atoms with Crippen LogP contribution in [0.15, 0.2) is 5.16 Å². The molecule has 6 N–H and O–H groups in total. The molecule has 12 rings (SSSR count). The van der Waals surface area contributed by atoms with E-state index in [1.807, 2.05) is 27.7 Å². The number of aliphatic hydroxyl groups is 4. The Morgan fingerprint density at radius 2 is 0.917 bits per heavy atom. The maximum Gasteiger partial charge on any atom is 0.220 e. The van der Waals surface area contributed by atoms with E-state index in [-0.39, 0.29) is 95.0 Å². The molecule has 10 heteroatoms. The van der Waals surface area contributed by atoms with Crippen molar-refractivity contribution in [3.8, 4) is 0 Å². The van der Waals surface area contributed by atoms with Gasteiger partial charge in [-0.3, -0.25) is 4.79 Å². The molecule has 0 aromatic carbocycles. The summed E-state index contributed by atoms with van der Waals surface area (Å²) in [5, 5.41) is 61.7. The Kier molecular flexibility index (Phi) is 12.4. The van der Waals surface area contributed by atoms with Crippen LogP contribution in [0.4, 0.5) is 0 Å². The monoisotopic (exact) mass is 1010 g/mol. The largest absolute Gasteiger partial charge is 0.411 e. The lowest BCUT2D eigenvalue weighted by molar-refractivity contribution is -0.190. The van der Waals surface area contributed by atoms with E-state index in [9.17, 15) is 30.4 Å². The Hall–Kier alpha value is -1.30. The van der Waals surface area contributed by atoms with Gasteiger partial charge in [-0.05, 0) is 244 Å². The van der Waals surface area contributed by atoms with Crippen molar-refractivity contribution in [1.29, 1.82) is 0 Å². The number of rotatable bonds is 4. The van der Waals surface area contributed by atoms with E-state index in [2.05, 4.69) is 79.7 Å². The van der Waals surface area contributed by atoms with E-state index in [0.29, 0.717) is 46.3 Å². The van der Waals surface area contributed by atoms with E-state index < -0.39 is 22.4 Å². The number of fused-ring (bicyclic) bond motifs is 4. The summed E-state index contributed by atoms with van der Waals surface area (Å²) in [6.45, 7) is 31.0. The van der Waals surface area contributed by atoms with Crippen molar-refractivity contribution in [2.45, 2.75) is 293 Å². The standard InChI is InChI=1S/2C30H49NO4.2CH4/c1-24(2)19-8-9-20-27(6)16-18(32)23(28(7)12-11-22(35-28)25(3,4)33)26(27,5)14-15-30(20)17-29(19,30)13-10-21(24)31-34;1-24(2)19-8-9-20-27(6)16-18(32)23(28(7)12-10-21(35-28)25(3,4)34)26(27,5)14-15-30(20)17-29(19,30)13-11-22(33)31-24;;/h18-20,22-23,32-34H,8-17H2,1-7H3;18-21,23,32,34H,8-17H2,1-7H3,(H,31,33);2*1H4/b31-21+;;;/t18-,19?,20?,22+,23?,26+,27-,28-,29+,30-;18-,19?,20?,21+,23?,26+,27-,28-,29+,30-;;/m00../s1. The second-order valence-electron chi connectivity index (χ2n) is 31.3. The Morgan fingerprint density at radius 3 is 1.33 bits per heavy atom. The molecular weight excluding hydrogens is 901 g/mol. The minimum atomic E-state index is -0.862. The maximum absolute atomic E-state index is 12.6. The quantitative estimate of drug-likeness (QED) is 0.120. The highest BCUT2D eigenvalue weighted by molar-refractivity contribution is 5.90. The van der Waals surface area contributed by atoms with Crippen molar-refractivity contribution in [3.63, 3.8) is 0 Å². The molecule has 12 fully saturated rings. The van der Waals surface area contributed by atoms with Crippen LogP contribution in [-0.4, -0.2) is 89.6 Å². The fourth-order valence-corrected chi connectivity index (χ4v) is 24.0. The molecular formula is C62H106N2O8. The predicted molar refractivity (Wildman–Crippen MR) is 285 cm³/mol. The minimum absolute atomic E-state index is 0. The molecule has 4 spiro atoms. The van der Waals surface area contributed by atoms with Gasteiger partial charge in [0.1, 0.15) is 0 Å². The lowest BCUT2D eigenvalue weighted by Gasteiger charge is -2.63. The van der Waals surface area contributed by atoms with Crippen molar-refractivity contribution in [1.82, 2.24) is 5.32 Å². The van der Waals surface area contributed by atoms with Crippen LogP contribution < -0.4 is 5.32 Å². The second-order valence-corrected chi connectivity index (χ2v) is 31.3. The topological polar surface area (TPSA) is 161 Å².